The van der Waals surface area contributed by atoms with Crippen LogP contribution in [-0.2, 0) is 0 Å². The smallest absolute Gasteiger partial charge is 0.255 e. The van der Waals surface area contributed by atoms with Crippen molar-refractivity contribution in [1.82, 2.24) is 9.88 Å². The van der Waals surface area contributed by atoms with E-state index < -0.39 is 0 Å². The Balaban J connectivity index is 1.69. The van der Waals surface area contributed by atoms with Gasteiger partial charge in [0.15, 0.2) is 0 Å². The molecule has 22 heavy (non-hydrogen) atoms. The summed E-state index contributed by atoms with van der Waals surface area (Å²) in [6, 6.07) is 11.0. The van der Waals surface area contributed by atoms with Crippen molar-refractivity contribution in [2.75, 3.05) is 13.1 Å². The number of amides is 1. The number of carbonyl (C=O) groups excluding carboxylic acids is 1. The van der Waals surface area contributed by atoms with Crippen molar-refractivity contribution >= 4 is 21.8 Å². The Labute approximate surface area is 137 Å². The third kappa shape index (κ3) is 3.45. The maximum Gasteiger partial charge on any atom is 0.255 e. The van der Waals surface area contributed by atoms with Crippen molar-refractivity contribution in [2.24, 2.45) is 5.73 Å². The highest BCUT2D eigenvalue weighted by atomic mass is 79.9. The minimum atomic E-state index is -0.0329. The van der Waals surface area contributed by atoms with E-state index in [0.29, 0.717) is 30.3 Å². The number of nitrogens with zero attached hydrogens (tertiary/aromatic N) is 2. The van der Waals surface area contributed by atoms with Gasteiger partial charge in [-0.2, -0.15) is 0 Å². The van der Waals surface area contributed by atoms with E-state index in [-0.39, 0.29) is 11.9 Å². The third-order valence-electron chi connectivity index (χ3n) is 3.51. The zero-order valence-corrected chi connectivity index (χ0v) is 13.5. The van der Waals surface area contributed by atoms with Gasteiger partial charge in [0.25, 0.3) is 5.91 Å². The molecule has 1 aliphatic rings. The molecule has 1 amide bonds. The predicted molar refractivity (Wildman–Crippen MR) is 86.9 cm³/mol. The van der Waals surface area contributed by atoms with Crippen LogP contribution in [0.5, 0.6) is 11.6 Å². The fourth-order valence-corrected chi connectivity index (χ4v) is 2.75. The van der Waals surface area contributed by atoms with Crippen LogP contribution in [0.3, 0.4) is 0 Å². The van der Waals surface area contributed by atoms with E-state index in [4.69, 9.17) is 10.5 Å². The first-order chi connectivity index (χ1) is 10.6. The molecule has 2 N–H and O–H groups in total. The Hall–Kier alpha value is -1.92. The van der Waals surface area contributed by atoms with Crippen LogP contribution in [0.1, 0.15) is 16.8 Å². The number of aromatic nitrogens is 1. The average molecular weight is 362 g/mol. The number of rotatable bonds is 3. The molecule has 0 radical (unpaired) electrons. The Morgan fingerprint density at radius 3 is 2.86 bits per heavy atom. The quantitative estimate of drug-likeness (QED) is 0.912. The number of hydrogen-bond donors (Lipinski definition) is 1. The monoisotopic (exact) mass is 361 g/mol. The molecule has 0 bridgehead atoms. The molecule has 0 saturated carbocycles. The van der Waals surface area contributed by atoms with Gasteiger partial charge in [0.2, 0.25) is 5.88 Å². The van der Waals surface area contributed by atoms with Gasteiger partial charge in [-0.15, -0.1) is 0 Å². The van der Waals surface area contributed by atoms with Crippen LogP contribution in [0.2, 0.25) is 0 Å². The molecular formula is C16H16BrN3O2. The molecule has 1 saturated heterocycles. The Kier molecular flexibility index (Phi) is 4.40. The van der Waals surface area contributed by atoms with Gasteiger partial charge < -0.3 is 15.4 Å². The van der Waals surface area contributed by atoms with E-state index in [2.05, 4.69) is 20.9 Å². The van der Waals surface area contributed by atoms with Gasteiger partial charge >= 0.3 is 0 Å². The van der Waals surface area contributed by atoms with E-state index in [9.17, 15) is 4.79 Å². The summed E-state index contributed by atoms with van der Waals surface area (Å²) in [5.41, 5.74) is 6.38. The number of ether oxygens (including phenoxy) is 1. The molecular weight excluding hydrogens is 346 g/mol. The van der Waals surface area contributed by atoms with Crippen LogP contribution in [0, 0.1) is 0 Å². The predicted octanol–water partition coefficient (Wildman–Crippen LogP) is 2.81. The highest BCUT2D eigenvalue weighted by Crippen LogP contribution is 2.23. The highest BCUT2D eigenvalue weighted by Gasteiger charge is 2.24. The summed E-state index contributed by atoms with van der Waals surface area (Å²) < 4.78 is 6.58. The highest BCUT2D eigenvalue weighted by molar-refractivity contribution is 9.10. The molecule has 114 valence electrons. The van der Waals surface area contributed by atoms with Crippen molar-refractivity contribution in [3.05, 3.63) is 52.6 Å². The van der Waals surface area contributed by atoms with E-state index in [1.807, 2.05) is 24.3 Å². The molecule has 2 heterocycles. The number of likely N-dealkylation sites (tertiary alicyclic amines) is 1. The first kappa shape index (κ1) is 15.0. The maximum atomic E-state index is 12.3. The Bertz CT molecular complexity index is 675. The summed E-state index contributed by atoms with van der Waals surface area (Å²) in [5, 5.41) is 0. The van der Waals surface area contributed by atoms with Crippen molar-refractivity contribution in [3.8, 4) is 11.6 Å². The molecule has 0 aliphatic carbocycles. The SMILES string of the molecule is N[C@@H]1CCN(C(=O)c2ccc(Oc3cccc(Br)c3)nc2)C1. The van der Waals surface area contributed by atoms with Crippen molar-refractivity contribution in [2.45, 2.75) is 12.5 Å². The number of halogens is 1. The fourth-order valence-electron chi connectivity index (χ4n) is 2.37. The number of hydrogen-bond acceptors (Lipinski definition) is 4. The minimum Gasteiger partial charge on any atom is -0.439 e. The largest absolute Gasteiger partial charge is 0.439 e. The zero-order valence-electron chi connectivity index (χ0n) is 11.9. The Morgan fingerprint density at radius 2 is 2.23 bits per heavy atom. The third-order valence-corrected chi connectivity index (χ3v) is 4.01. The standard InChI is InChI=1S/C16H16BrN3O2/c17-12-2-1-3-14(8-12)22-15-5-4-11(9-19-15)16(21)20-7-6-13(18)10-20/h1-5,8-9,13H,6-7,10,18H2/t13-/m1/s1. The van der Waals surface area contributed by atoms with Crippen LogP contribution < -0.4 is 10.5 Å². The number of pyridine rings is 1. The molecule has 1 fully saturated rings. The van der Waals surface area contributed by atoms with E-state index >= 15 is 0 Å². The number of benzene rings is 1. The molecule has 0 unspecified atom stereocenters. The van der Waals surface area contributed by atoms with Gasteiger partial charge in [0.1, 0.15) is 5.75 Å². The van der Waals surface area contributed by atoms with E-state index in [0.717, 1.165) is 10.9 Å². The van der Waals surface area contributed by atoms with Gasteiger partial charge in [-0.05, 0) is 30.7 Å². The second-order valence-corrected chi connectivity index (χ2v) is 6.16. The lowest BCUT2D eigenvalue weighted by molar-refractivity contribution is 0.0790. The molecule has 1 aromatic carbocycles. The summed E-state index contributed by atoms with van der Waals surface area (Å²) >= 11 is 3.39. The maximum absolute atomic E-state index is 12.3. The first-order valence-electron chi connectivity index (χ1n) is 7.06. The van der Waals surface area contributed by atoms with E-state index in [1.165, 1.54) is 0 Å². The molecule has 2 aromatic rings. The second kappa shape index (κ2) is 6.46. The topological polar surface area (TPSA) is 68.5 Å². The summed E-state index contributed by atoms with van der Waals surface area (Å²) in [5.74, 6) is 1.11. The Morgan fingerprint density at radius 1 is 1.36 bits per heavy atom. The van der Waals surface area contributed by atoms with Gasteiger partial charge in [-0.3, -0.25) is 4.79 Å². The second-order valence-electron chi connectivity index (χ2n) is 5.24. The lowest BCUT2D eigenvalue weighted by Crippen LogP contribution is -2.31. The van der Waals surface area contributed by atoms with Crippen molar-refractivity contribution in [3.63, 3.8) is 0 Å². The fraction of sp³-hybridized carbons (Fsp3) is 0.250. The first-order valence-corrected chi connectivity index (χ1v) is 7.85. The minimum absolute atomic E-state index is 0.0329. The molecule has 0 spiro atoms. The molecule has 1 aliphatic heterocycles. The lowest BCUT2D eigenvalue weighted by Gasteiger charge is -2.15. The van der Waals surface area contributed by atoms with Crippen LogP contribution in [0.15, 0.2) is 47.1 Å². The van der Waals surface area contributed by atoms with Crippen LogP contribution in [0.4, 0.5) is 0 Å². The molecule has 1 atom stereocenters. The van der Waals surface area contributed by atoms with Gasteiger partial charge in [-0.25, -0.2) is 4.98 Å². The number of carbonyl (C=O) groups is 1. The lowest BCUT2D eigenvalue weighted by atomic mass is 10.2. The van der Waals surface area contributed by atoms with Crippen LogP contribution >= 0.6 is 15.9 Å². The number of nitrogens with two attached hydrogens (primary N) is 1. The van der Waals surface area contributed by atoms with Crippen LogP contribution in [-0.4, -0.2) is 34.9 Å². The average Bonchev–Trinajstić information content (AvgIpc) is 2.94. The van der Waals surface area contributed by atoms with Crippen LogP contribution in [0.25, 0.3) is 0 Å². The summed E-state index contributed by atoms with van der Waals surface area (Å²) in [7, 11) is 0. The summed E-state index contributed by atoms with van der Waals surface area (Å²) in [4.78, 5) is 18.2. The molecule has 1 aromatic heterocycles. The van der Waals surface area contributed by atoms with Gasteiger partial charge in [-0.1, -0.05) is 22.0 Å². The molecule has 3 rings (SSSR count). The zero-order chi connectivity index (χ0) is 15.5. The van der Waals surface area contributed by atoms with Gasteiger partial charge in [0.05, 0.1) is 5.56 Å². The summed E-state index contributed by atoms with van der Waals surface area (Å²) in [6.07, 6.45) is 2.39. The van der Waals surface area contributed by atoms with Gasteiger partial charge in [0, 0.05) is 35.9 Å². The normalized spacial score (nSPS) is 17.5. The summed E-state index contributed by atoms with van der Waals surface area (Å²) in [6.45, 7) is 1.31. The van der Waals surface area contributed by atoms with Crippen molar-refractivity contribution in [1.29, 1.82) is 0 Å². The van der Waals surface area contributed by atoms with Crippen molar-refractivity contribution < 1.29 is 9.53 Å². The molecule has 6 heteroatoms. The molecule has 5 nitrogen and oxygen atoms in total. The van der Waals surface area contributed by atoms with E-state index in [1.54, 1.807) is 23.2 Å².